The Kier molecular flexibility index (Phi) is 18.3. The zero-order valence-corrected chi connectivity index (χ0v) is 23.7. The summed E-state index contributed by atoms with van der Waals surface area (Å²) in [7, 11) is 0. The van der Waals surface area contributed by atoms with Crippen LogP contribution < -0.4 is 0 Å². The highest BCUT2D eigenvalue weighted by molar-refractivity contribution is 6.02. The third-order valence-corrected chi connectivity index (χ3v) is 7.36. The van der Waals surface area contributed by atoms with Crippen molar-refractivity contribution in [1.29, 1.82) is 0 Å². The second-order valence-electron chi connectivity index (χ2n) is 10.7. The van der Waals surface area contributed by atoms with E-state index in [9.17, 15) is 39.0 Å². The van der Waals surface area contributed by atoms with E-state index in [1.54, 1.807) is 0 Å². The molecule has 11 nitrogen and oxygen atoms in total. The minimum Gasteiger partial charge on any atom is -0.481 e. The molecule has 228 valence electrons. The molecule has 0 aromatic rings. The van der Waals surface area contributed by atoms with E-state index < -0.39 is 41.6 Å². The molecule has 3 N–H and O–H groups in total. The Morgan fingerprint density at radius 1 is 0.600 bits per heavy atom. The lowest BCUT2D eigenvalue weighted by Crippen LogP contribution is -2.36. The van der Waals surface area contributed by atoms with Gasteiger partial charge in [0.15, 0.2) is 5.92 Å². The predicted octanol–water partition coefficient (Wildman–Crippen LogP) is 5.49. The Hall–Kier alpha value is -2.98. The smallest absolute Gasteiger partial charge is 0.347 e. The van der Waals surface area contributed by atoms with E-state index in [0.29, 0.717) is 24.3 Å². The number of carboxylic acid groups (broad SMARTS) is 3. The number of aliphatic carboxylic acids is 3. The van der Waals surface area contributed by atoms with Crippen LogP contribution in [0.1, 0.15) is 135 Å². The molecule has 0 aromatic carbocycles. The Balaban J connectivity index is 2.07. The van der Waals surface area contributed by atoms with E-state index in [1.807, 2.05) is 0 Å². The first-order valence-corrected chi connectivity index (χ1v) is 14.9. The molecule has 1 aliphatic heterocycles. The zero-order chi connectivity index (χ0) is 29.8. The first-order chi connectivity index (χ1) is 19.1. The van der Waals surface area contributed by atoms with Gasteiger partial charge in [0.05, 0.1) is 5.92 Å². The van der Waals surface area contributed by atoms with Crippen LogP contribution in [0.3, 0.4) is 0 Å². The fourth-order valence-electron chi connectivity index (χ4n) is 4.90. The van der Waals surface area contributed by atoms with Crippen molar-refractivity contribution in [2.24, 2.45) is 11.8 Å². The number of imide groups is 1. The third-order valence-electron chi connectivity index (χ3n) is 7.36. The second-order valence-corrected chi connectivity index (χ2v) is 10.7. The van der Waals surface area contributed by atoms with Crippen LogP contribution >= 0.6 is 0 Å². The number of nitrogens with zero attached hydrogens (tertiary/aromatic N) is 1. The summed E-state index contributed by atoms with van der Waals surface area (Å²) in [4.78, 5) is 73.5. The zero-order valence-electron chi connectivity index (χ0n) is 23.7. The summed E-state index contributed by atoms with van der Waals surface area (Å²) in [6.45, 7) is 0. The SMILES string of the molecule is O=C(O)CCCCCCCCCCC(CCCCCCCCCC(C(=O)O)C(=O)ON1C(=O)CCC1=O)C(=O)O. The van der Waals surface area contributed by atoms with Gasteiger partial charge in [0.2, 0.25) is 0 Å². The number of hydroxylamine groups is 2. The molecule has 0 saturated carbocycles. The van der Waals surface area contributed by atoms with Crippen molar-refractivity contribution >= 4 is 35.7 Å². The summed E-state index contributed by atoms with van der Waals surface area (Å²) in [5.41, 5.74) is 0. The number of carbonyl (C=O) groups excluding carboxylic acids is 3. The molecular formula is C29H47NO10. The minimum absolute atomic E-state index is 0.0538. The van der Waals surface area contributed by atoms with Crippen molar-refractivity contribution in [3.8, 4) is 0 Å². The molecule has 0 spiro atoms. The first-order valence-electron chi connectivity index (χ1n) is 14.9. The van der Waals surface area contributed by atoms with E-state index in [-0.39, 0.29) is 31.6 Å². The molecule has 1 fully saturated rings. The van der Waals surface area contributed by atoms with Crippen LogP contribution in [0.2, 0.25) is 0 Å². The Morgan fingerprint density at radius 3 is 1.40 bits per heavy atom. The van der Waals surface area contributed by atoms with Crippen LogP contribution in [-0.2, 0) is 33.6 Å². The quantitative estimate of drug-likeness (QED) is 0.0723. The maximum absolute atomic E-state index is 12.1. The number of unbranched alkanes of at least 4 members (excludes halogenated alkanes) is 13. The van der Waals surface area contributed by atoms with Crippen LogP contribution in [0.25, 0.3) is 0 Å². The molecule has 2 unspecified atom stereocenters. The van der Waals surface area contributed by atoms with Gasteiger partial charge in [-0.15, -0.1) is 5.06 Å². The molecule has 1 rings (SSSR count). The molecule has 40 heavy (non-hydrogen) atoms. The van der Waals surface area contributed by atoms with Crippen molar-refractivity contribution in [1.82, 2.24) is 5.06 Å². The molecule has 1 heterocycles. The van der Waals surface area contributed by atoms with E-state index in [1.165, 1.54) is 0 Å². The molecule has 0 radical (unpaired) electrons. The highest BCUT2D eigenvalue weighted by Crippen LogP contribution is 2.21. The number of hydrogen-bond donors (Lipinski definition) is 3. The molecular weight excluding hydrogens is 522 g/mol. The number of rotatable bonds is 25. The van der Waals surface area contributed by atoms with Crippen molar-refractivity contribution < 1.29 is 48.9 Å². The van der Waals surface area contributed by atoms with Gasteiger partial charge in [-0.1, -0.05) is 89.9 Å². The first kappa shape index (κ1) is 35.0. The molecule has 0 bridgehead atoms. The molecule has 11 heteroatoms. The highest BCUT2D eigenvalue weighted by atomic mass is 16.7. The number of carboxylic acids is 3. The third kappa shape index (κ3) is 15.6. The maximum atomic E-state index is 12.1. The van der Waals surface area contributed by atoms with Crippen LogP contribution in [0, 0.1) is 11.8 Å². The van der Waals surface area contributed by atoms with Crippen molar-refractivity contribution in [3.63, 3.8) is 0 Å². The molecule has 2 atom stereocenters. The van der Waals surface area contributed by atoms with E-state index in [0.717, 1.165) is 89.9 Å². The second kappa shape index (κ2) is 20.9. The summed E-state index contributed by atoms with van der Waals surface area (Å²) in [6, 6.07) is 0. The Morgan fingerprint density at radius 2 is 1.00 bits per heavy atom. The van der Waals surface area contributed by atoms with Crippen LogP contribution in [0.4, 0.5) is 0 Å². The van der Waals surface area contributed by atoms with Gasteiger partial charge >= 0.3 is 23.9 Å². The van der Waals surface area contributed by atoms with Gasteiger partial charge in [-0.05, 0) is 25.7 Å². The lowest BCUT2D eigenvalue weighted by Gasteiger charge is -2.16. The summed E-state index contributed by atoms with van der Waals surface area (Å²) in [5, 5.41) is 27.8. The molecule has 2 amide bonds. The fourth-order valence-corrected chi connectivity index (χ4v) is 4.90. The van der Waals surface area contributed by atoms with E-state index in [4.69, 9.17) is 9.94 Å². The fraction of sp³-hybridized carbons (Fsp3) is 0.793. The largest absolute Gasteiger partial charge is 0.481 e. The van der Waals surface area contributed by atoms with Gasteiger partial charge in [-0.2, -0.15) is 0 Å². The van der Waals surface area contributed by atoms with Gasteiger partial charge in [-0.25, -0.2) is 4.79 Å². The number of amides is 2. The van der Waals surface area contributed by atoms with Crippen molar-refractivity contribution in [2.75, 3.05) is 0 Å². The topological polar surface area (TPSA) is 176 Å². The standard InChI is InChI=1S/C29H47NO10/c31-24-20-21-25(32)30(24)40-29(39)23(28(37)38)18-14-10-6-3-5-9-13-17-22(27(35)36)16-12-8-4-1-2-7-11-15-19-26(33)34/h22-23H,1-21H2,(H,33,34)(H,35,36)(H,37,38). The van der Waals surface area contributed by atoms with Gasteiger partial charge in [-0.3, -0.25) is 24.0 Å². The average molecular weight is 570 g/mol. The van der Waals surface area contributed by atoms with E-state index in [2.05, 4.69) is 0 Å². The van der Waals surface area contributed by atoms with Crippen LogP contribution in [-0.4, -0.2) is 56.1 Å². The molecule has 1 saturated heterocycles. The van der Waals surface area contributed by atoms with Gasteiger partial charge in [0.1, 0.15) is 0 Å². The van der Waals surface area contributed by atoms with E-state index >= 15 is 0 Å². The number of carbonyl (C=O) groups is 6. The van der Waals surface area contributed by atoms with Crippen molar-refractivity contribution in [3.05, 3.63) is 0 Å². The molecule has 1 aliphatic rings. The summed E-state index contributed by atoms with van der Waals surface area (Å²) < 4.78 is 0. The minimum atomic E-state index is -1.43. The van der Waals surface area contributed by atoms with Crippen LogP contribution in [0.5, 0.6) is 0 Å². The Bertz CT molecular complexity index is 812. The lowest BCUT2D eigenvalue weighted by atomic mass is 9.94. The average Bonchev–Trinajstić information content (AvgIpc) is 3.20. The van der Waals surface area contributed by atoms with Crippen molar-refractivity contribution in [2.45, 2.75) is 135 Å². The maximum Gasteiger partial charge on any atom is 0.347 e. The summed E-state index contributed by atoms with van der Waals surface area (Å²) >= 11 is 0. The Labute approximate surface area is 236 Å². The van der Waals surface area contributed by atoms with Crippen LogP contribution in [0.15, 0.2) is 0 Å². The van der Waals surface area contributed by atoms with Gasteiger partial charge < -0.3 is 20.2 Å². The van der Waals surface area contributed by atoms with Gasteiger partial charge in [0.25, 0.3) is 11.8 Å². The summed E-state index contributed by atoms with van der Waals surface area (Å²) in [5.74, 6) is -6.95. The monoisotopic (exact) mass is 569 g/mol. The lowest BCUT2D eigenvalue weighted by molar-refractivity contribution is -0.202. The normalized spacial score (nSPS) is 14.8. The van der Waals surface area contributed by atoms with Gasteiger partial charge in [0, 0.05) is 19.3 Å². The summed E-state index contributed by atoms with van der Waals surface area (Å²) in [6.07, 6.45) is 15.3. The molecule has 0 aromatic heterocycles. The highest BCUT2D eigenvalue weighted by Gasteiger charge is 2.36. The number of hydrogen-bond acceptors (Lipinski definition) is 7. The molecule has 0 aliphatic carbocycles. The predicted molar refractivity (Wildman–Crippen MR) is 145 cm³/mol.